The standard InChI is InChI=1S/C24H32FN3O4/c1-8-17-19(20(25)27(7)26-17)21(29)28(22(30)23(31)32-9-2)18-13-11-10-12-16(18)15(3)14-24(4,5)6/h10-13,15H,8-9,14H2,1-7H3. The van der Waals surface area contributed by atoms with Gasteiger partial charge in [0.25, 0.3) is 5.91 Å². The number of halogens is 1. The molecule has 2 aromatic rings. The molecular formula is C24H32FN3O4. The van der Waals surface area contributed by atoms with Gasteiger partial charge in [0.15, 0.2) is 0 Å². The maximum atomic E-state index is 14.9. The van der Waals surface area contributed by atoms with Gasteiger partial charge < -0.3 is 4.74 Å². The summed E-state index contributed by atoms with van der Waals surface area (Å²) in [5.41, 5.74) is 0.799. The van der Waals surface area contributed by atoms with E-state index in [4.69, 9.17) is 4.74 Å². The van der Waals surface area contributed by atoms with Gasteiger partial charge in [0.2, 0.25) is 5.95 Å². The minimum Gasteiger partial charge on any atom is -0.459 e. The van der Waals surface area contributed by atoms with Crippen molar-refractivity contribution in [2.45, 2.75) is 60.3 Å². The van der Waals surface area contributed by atoms with Gasteiger partial charge in [0.1, 0.15) is 5.56 Å². The lowest BCUT2D eigenvalue weighted by molar-refractivity contribution is -0.153. The van der Waals surface area contributed by atoms with Crippen LogP contribution in [0.2, 0.25) is 0 Å². The van der Waals surface area contributed by atoms with E-state index in [-0.39, 0.29) is 41.3 Å². The Bertz CT molecular complexity index is 1010. The van der Waals surface area contributed by atoms with E-state index in [0.29, 0.717) is 5.56 Å². The van der Waals surface area contributed by atoms with Crippen LogP contribution in [-0.2, 0) is 27.8 Å². The molecule has 0 aliphatic heterocycles. The fraction of sp³-hybridized carbons (Fsp3) is 0.500. The number of anilines is 1. The molecule has 0 aliphatic rings. The van der Waals surface area contributed by atoms with E-state index >= 15 is 0 Å². The molecule has 2 rings (SSSR count). The quantitative estimate of drug-likeness (QED) is 0.486. The minimum absolute atomic E-state index is 0.0165. The Morgan fingerprint density at radius 3 is 2.38 bits per heavy atom. The SMILES string of the molecule is CCOC(=O)C(=O)N(C(=O)c1c(CC)nn(C)c1F)c1ccccc1C(C)CC(C)(C)C. The number of esters is 1. The van der Waals surface area contributed by atoms with E-state index in [1.54, 1.807) is 32.0 Å². The summed E-state index contributed by atoms with van der Waals surface area (Å²) >= 11 is 0. The largest absolute Gasteiger partial charge is 0.459 e. The molecule has 0 aliphatic carbocycles. The minimum atomic E-state index is -1.18. The molecule has 0 spiro atoms. The molecule has 0 radical (unpaired) electrons. The maximum Gasteiger partial charge on any atom is 0.397 e. The van der Waals surface area contributed by atoms with Crippen LogP contribution in [0.5, 0.6) is 0 Å². The molecule has 1 aromatic heterocycles. The summed E-state index contributed by atoms with van der Waals surface area (Å²) in [6, 6.07) is 6.87. The summed E-state index contributed by atoms with van der Waals surface area (Å²) in [5, 5.41) is 4.04. The van der Waals surface area contributed by atoms with E-state index in [2.05, 4.69) is 25.9 Å². The number of hydrogen-bond donors (Lipinski definition) is 0. The first-order valence-electron chi connectivity index (χ1n) is 10.8. The molecular weight excluding hydrogens is 413 g/mol. The third kappa shape index (κ3) is 5.41. The first kappa shape index (κ1) is 25.2. The van der Waals surface area contributed by atoms with Gasteiger partial charge in [0, 0.05) is 7.05 Å². The maximum absolute atomic E-state index is 14.9. The average Bonchev–Trinajstić information content (AvgIpc) is 3.01. The number of para-hydroxylation sites is 1. The zero-order chi connectivity index (χ0) is 24.2. The number of ether oxygens (including phenoxy) is 1. The summed E-state index contributed by atoms with van der Waals surface area (Å²) in [6.07, 6.45) is 1.05. The molecule has 1 unspecified atom stereocenters. The lowest BCUT2D eigenvalue weighted by Crippen LogP contribution is -2.43. The Kier molecular flexibility index (Phi) is 7.93. The molecule has 0 fully saturated rings. The van der Waals surface area contributed by atoms with Gasteiger partial charge >= 0.3 is 11.9 Å². The second-order valence-corrected chi connectivity index (χ2v) is 8.98. The third-order valence-electron chi connectivity index (χ3n) is 5.08. The number of hydrogen-bond acceptors (Lipinski definition) is 5. The molecule has 0 saturated carbocycles. The average molecular weight is 446 g/mol. The summed E-state index contributed by atoms with van der Waals surface area (Å²) in [5.74, 6) is -4.20. The van der Waals surface area contributed by atoms with Crippen LogP contribution in [0.4, 0.5) is 10.1 Å². The number of carbonyl (C=O) groups excluding carboxylic acids is 3. The van der Waals surface area contributed by atoms with Crippen LogP contribution in [0.1, 0.15) is 75.5 Å². The van der Waals surface area contributed by atoms with Gasteiger partial charge in [-0.25, -0.2) is 14.4 Å². The molecule has 0 bridgehead atoms. The van der Waals surface area contributed by atoms with E-state index in [1.165, 1.54) is 7.05 Å². The van der Waals surface area contributed by atoms with Crippen molar-refractivity contribution in [2.75, 3.05) is 11.5 Å². The highest BCUT2D eigenvalue weighted by atomic mass is 19.1. The van der Waals surface area contributed by atoms with E-state index in [0.717, 1.165) is 16.0 Å². The van der Waals surface area contributed by atoms with Crippen molar-refractivity contribution in [1.82, 2.24) is 9.78 Å². The second-order valence-electron chi connectivity index (χ2n) is 8.98. The molecule has 1 atom stereocenters. The molecule has 1 heterocycles. The number of carbonyl (C=O) groups is 3. The number of aromatic nitrogens is 2. The highest BCUT2D eigenvalue weighted by molar-refractivity contribution is 6.45. The summed E-state index contributed by atoms with van der Waals surface area (Å²) in [7, 11) is 1.38. The van der Waals surface area contributed by atoms with Crippen LogP contribution >= 0.6 is 0 Å². The predicted octanol–water partition coefficient (Wildman–Crippen LogP) is 4.40. The molecule has 0 saturated heterocycles. The highest BCUT2D eigenvalue weighted by Crippen LogP contribution is 2.36. The van der Waals surface area contributed by atoms with Crippen LogP contribution < -0.4 is 4.90 Å². The van der Waals surface area contributed by atoms with Crippen LogP contribution in [0.3, 0.4) is 0 Å². The van der Waals surface area contributed by atoms with Gasteiger partial charge in [0.05, 0.1) is 18.0 Å². The van der Waals surface area contributed by atoms with Crippen molar-refractivity contribution in [3.05, 3.63) is 47.0 Å². The smallest absolute Gasteiger partial charge is 0.397 e. The zero-order valence-corrected chi connectivity index (χ0v) is 19.9. The Balaban J connectivity index is 2.69. The normalized spacial score (nSPS) is 12.4. The Hall–Kier alpha value is -3.03. The summed E-state index contributed by atoms with van der Waals surface area (Å²) in [4.78, 5) is 39.8. The van der Waals surface area contributed by atoms with Crippen LogP contribution in [0.25, 0.3) is 0 Å². The Labute approximate surface area is 188 Å². The second kappa shape index (κ2) is 10.1. The summed E-state index contributed by atoms with van der Waals surface area (Å²) < 4.78 is 20.7. The van der Waals surface area contributed by atoms with E-state index in [1.807, 2.05) is 13.0 Å². The molecule has 32 heavy (non-hydrogen) atoms. The third-order valence-corrected chi connectivity index (χ3v) is 5.08. The lowest BCUT2D eigenvalue weighted by Gasteiger charge is -2.28. The first-order chi connectivity index (χ1) is 14.9. The molecule has 7 nitrogen and oxygen atoms in total. The number of amides is 2. The van der Waals surface area contributed by atoms with Crippen molar-refractivity contribution in [2.24, 2.45) is 12.5 Å². The molecule has 0 N–H and O–H groups in total. The van der Waals surface area contributed by atoms with Crippen molar-refractivity contribution in [3.63, 3.8) is 0 Å². The van der Waals surface area contributed by atoms with Crippen molar-refractivity contribution >= 4 is 23.5 Å². The van der Waals surface area contributed by atoms with Gasteiger partial charge in [-0.1, -0.05) is 52.8 Å². The predicted molar refractivity (Wildman–Crippen MR) is 120 cm³/mol. The number of imide groups is 1. The van der Waals surface area contributed by atoms with E-state index < -0.39 is 23.7 Å². The zero-order valence-electron chi connectivity index (χ0n) is 19.9. The molecule has 1 aromatic carbocycles. The van der Waals surface area contributed by atoms with Crippen LogP contribution in [0.15, 0.2) is 24.3 Å². The number of rotatable bonds is 6. The van der Waals surface area contributed by atoms with Crippen molar-refractivity contribution < 1.29 is 23.5 Å². The van der Waals surface area contributed by atoms with Crippen molar-refractivity contribution in [3.8, 4) is 0 Å². The number of aryl methyl sites for hydroxylation is 2. The Morgan fingerprint density at radius 2 is 1.81 bits per heavy atom. The van der Waals surface area contributed by atoms with Crippen LogP contribution in [0, 0.1) is 11.4 Å². The fourth-order valence-corrected chi connectivity index (χ4v) is 3.86. The van der Waals surface area contributed by atoms with Gasteiger partial charge in [-0.2, -0.15) is 9.49 Å². The molecule has 2 amide bonds. The first-order valence-corrected chi connectivity index (χ1v) is 10.8. The van der Waals surface area contributed by atoms with Crippen molar-refractivity contribution in [1.29, 1.82) is 0 Å². The lowest BCUT2D eigenvalue weighted by atomic mass is 9.82. The van der Waals surface area contributed by atoms with Gasteiger partial charge in [-0.15, -0.1) is 0 Å². The van der Waals surface area contributed by atoms with Crippen LogP contribution in [-0.4, -0.2) is 34.2 Å². The monoisotopic (exact) mass is 445 g/mol. The molecule has 174 valence electrons. The number of nitrogens with zero attached hydrogens (tertiary/aromatic N) is 3. The highest BCUT2D eigenvalue weighted by Gasteiger charge is 2.37. The van der Waals surface area contributed by atoms with E-state index in [9.17, 15) is 18.8 Å². The van der Waals surface area contributed by atoms with Gasteiger partial charge in [-0.3, -0.25) is 9.59 Å². The Morgan fingerprint density at radius 1 is 1.19 bits per heavy atom. The van der Waals surface area contributed by atoms with Gasteiger partial charge in [-0.05, 0) is 42.7 Å². The summed E-state index contributed by atoms with van der Waals surface area (Å²) in [6.45, 7) is 11.5. The number of benzene rings is 1. The molecule has 8 heteroatoms. The fourth-order valence-electron chi connectivity index (χ4n) is 3.86. The topological polar surface area (TPSA) is 81.5 Å².